The first-order chi connectivity index (χ1) is 18.3. The second kappa shape index (κ2) is 9.51. The first-order valence-electron chi connectivity index (χ1n) is 13.0. The summed E-state index contributed by atoms with van der Waals surface area (Å²) >= 11 is 0. The molecule has 5 aromatic rings. The summed E-state index contributed by atoms with van der Waals surface area (Å²) in [6, 6.07) is 5.89. The van der Waals surface area contributed by atoms with Crippen molar-refractivity contribution in [3.05, 3.63) is 43.0 Å². The molecule has 0 atom stereocenters. The van der Waals surface area contributed by atoms with Crippen LogP contribution in [0, 0.1) is 5.41 Å². The molecule has 1 aliphatic rings. The number of piperidine rings is 1. The Kier molecular flexibility index (Phi) is 6.01. The molecule has 1 aliphatic heterocycles. The third-order valence-electron chi connectivity index (χ3n) is 6.73. The molecule has 0 aromatic carbocycles. The molecular formula is C28H31N9O. The zero-order chi connectivity index (χ0) is 26.3. The average molecular weight is 510 g/mol. The molecule has 6 heterocycles. The predicted octanol–water partition coefficient (Wildman–Crippen LogP) is 5.32. The Morgan fingerprint density at radius 2 is 1.87 bits per heavy atom. The van der Waals surface area contributed by atoms with E-state index in [9.17, 15) is 4.79 Å². The summed E-state index contributed by atoms with van der Waals surface area (Å²) in [6.45, 7) is 8.11. The van der Waals surface area contributed by atoms with Gasteiger partial charge in [0.05, 0.1) is 22.8 Å². The lowest BCUT2D eigenvalue weighted by molar-refractivity contribution is -0.117. The Morgan fingerprint density at radius 3 is 2.68 bits per heavy atom. The molecule has 3 N–H and O–H groups in total. The molecule has 0 bridgehead atoms. The number of aromatic nitrogens is 7. The number of amides is 1. The number of carbonyl (C=O) groups is 1. The van der Waals surface area contributed by atoms with E-state index in [2.05, 4.69) is 40.3 Å². The summed E-state index contributed by atoms with van der Waals surface area (Å²) in [4.78, 5) is 36.7. The van der Waals surface area contributed by atoms with Gasteiger partial charge in [-0.3, -0.25) is 14.9 Å². The molecule has 1 fully saturated rings. The van der Waals surface area contributed by atoms with E-state index in [4.69, 9.17) is 4.98 Å². The number of hydrogen-bond acceptors (Lipinski definition) is 7. The van der Waals surface area contributed by atoms with E-state index in [-0.39, 0.29) is 11.3 Å². The number of imidazole rings is 1. The molecule has 0 radical (unpaired) electrons. The summed E-state index contributed by atoms with van der Waals surface area (Å²) < 4.78 is 0. The van der Waals surface area contributed by atoms with Gasteiger partial charge in [0.25, 0.3) is 0 Å². The number of H-pyrrole nitrogens is 2. The Hall–Kier alpha value is -4.34. The number of nitrogens with zero attached hydrogens (tertiary/aromatic N) is 6. The normalized spacial score (nSPS) is 14.3. The molecule has 194 valence electrons. The van der Waals surface area contributed by atoms with Gasteiger partial charge in [-0.2, -0.15) is 5.10 Å². The maximum Gasteiger partial charge on any atom is 0.224 e. The van der Waals surface area contributed by atoms with Gasteiger partial charge in [0.2, 0.25) is 5.91 Å². The third kappa shape index (κ3) is 4.81. The molecule has 38 heavy (non-hydrogen) atoms. The molecule has 5 aromatic heterocycles. The lowest BCUT2D eigenvalue weighted by atomic mass is 9.92. The standard InChI is InChI=1S/C28H31N9O/c1-28(2,3)13-22(38)32-19-11-17(14-29-16-19)18-12-20-23(35-36-25(20)31-15-18)26-33-21-7-8-30-27(24(21)34-26)37-9-5-4-6-10-37/h7-8,11-12,14-16H,4-6,9-10,13H2,1-3H3,(H,32,38)(H,33,34)(H,31,35,36). The van der Waals surface area contributed by atoms with Crippen LogP contribution in [0.1, 0.15) is 46.5 Å². The van der Waals surface area contributed by atoms with E-state index in [1.54, 1.807) is 18.6 Å². The molecule has 0 unspecified atom stereocenters. The van der Waals surface area contributed by atoms with Crippen LogP contribution in [0.5, 0.6) is 0 Å². The van der Waals surface area contributed by atoms with E-state index in [0.717, 1.165) is 52.1 Å². The highest BCUT2D eigenvalue weighted by atomic mass is 16.1. The highest BCUT2D eigenvalue weighted by Crippen LogP contribution is 2.32. The maximum absolute atomic E-state index is 12.4. The van der Waals surface area contributed by atoms with Gasteiger partial charge in [0.15, 0.2) is 17.3 Å². The number of anilines is 2. The largest absolute Gasteiger partial charge is 0.355 e. The van der Waals surface area contributed by atoms with Crippen molar-refractivity contribution in [2.24, 2.45) is 5.41 Å². The van der Waals surface area contributed by atoms with Crippen molar-refractivity contribution in [3.8, 4) is 22.6 Å². The lowest BCUT2D eigenvalue weighted by Crippen LogP contribution is -2.30. The number of carbonyl (C=O) groups excluding carboxylic acids is 1. The monoisotopic (exact) mass is 509 g/mol. The Bertz CT molecular complexity index is 1620. The highest BCUT2D eigenvalue weighted by molar-refractivity contribution is 5.96. The first kappa shape index (κ1) is 24.0. The van der Waals surface area contributed by atoms with Crippen molar-refractivity contribution in [2.45, 2.75) is 46.5 Å². The van der Waals surface area contributed by atoms with Crippen molar-refractivity contribution in [1.82, 2.24) is 35.1 Å². The summed E-state index contributed by atoms with van der Waals surface area (Å²) in [7, 11) is 0. The van der Waals surface area contributed by atoms with Gasteiger partial charge in [-0.15, -0.1) is 0 Å². The Labute approximate surface area is 220 Å². The minimum absolute atomic E-state index is 0.0366. The fourth-order valence-corrected chi connectivity index (χ4v) is 4.97. The number of fused-ring (bicyclic) bond motifs is 2. The maximum atomic E-state index is 12.4. The zero-order valence-corrected chi connectivity index (χ0v) is 21.9. The highest BCUT2D eigenvalue weighted by Gasteiger charge is 2.20. The quantitative estimate of drug-likeness (QED) is 0.292. The van der Waals surface area contributed by atoms with Gasteiger partial charge in [-0.25, -0.2) is 15.0 Å². The van der Waals surface area contributed by atoms with E-state index in [1.165, 1.54) is 19.3 Å². The Balaban J connectivity index is 1.33. The second-order valence-corrected chi connectivity index (χ2v) is 11.1. The SMILES string of the molecule is CC(C)(C)CC(=O)Nc1cncc(-c2cnc3n[nH]c(-c4nc5c(N6CCCCC6)nccc5[nH]4)c3c2)c1. The van der Waals surface area contributed by atoms with E-state index >= 15 is 0 Å². The van der Waals surface area contributed by atoms with Crippen LogP contribution in [0.3, 0.4) is 0 Å². The van der Waals surface area contributed by atoms with Crippen LogP contribution in [0.15, 0.2) is 43.0 Å². The molecule has 10 nitrogen and oxygen atoms in total. The fraction of sp³-hybridized carbons (Fsp3) is 0.357. The molecule has 10 heteroatoms. The third-order valence-corrected chi connectivity index (χ3v) is 6.73. The Morgan fingerprint density at radius 1 is 1.05 bits per heavy atom. The number of aromatic amines is 2. The van der Waals surface area contributed by atoms with Crippen LogP contribution in [-0.4, -0.2) is 54.1 Å². The molecule has 0 aliphatic carbocycles. The zero-order valence-electron chi connectivity index (χ0n) is 21.9. The van der Waals surface area contributed by atoms with Gasteiger partial charge in [-0.1, -0.05) is 20.8 Å². The smallest absolute Gasteiger partial charge is 0.224 e. The molecule has 0 spiro atoms. The van der Waals surface area contributed by atoms with Crippen LogP contribution < -0.4 is 10.2 Å². The van der Waals surface area contributed by atoms with Crippen LogP contribution in [0.2, 0.25) is 0 Å². The molecule has 1 amide bonds. The number of hydrogen-bond donors (Lipinski definition) is 3. The van der Waals surface area contributed by atoms with Crippen LogP contribution >= 0.6 is 0 Å². The van der Waals surface area contributed by atoms with Crippen molar-refractivity contribution in [2.75, 3.05) is 23.3 Å². The van der Waals surface area contributed by atoms with Crippen molar-refractivity contribution in [3.63, 3.8) is 0 Å². The second-order valence-electron chi connectivity index (χ2n) is 11.1. The van der Waals surface area contributed by atoms with E-state index < -0.39 is 0 Å². The molecule has 1 saturated heterocycles. The fourth-order valence-electron chi connectivity index (χ4n) is 4.97. The van der Waals surface area contributed by atoms with Crippen molar-refractivity contribution >= 4 is 39.5 Å². The van der Waals surface area contributed by atoms with Gasteiger partial charge < -0.3 is 15.2 Å². The van der Waals surface area contributed by atoms with Crippen LogP contribution in [-0.2, 0) is 4.79 Å². The summed E-state index contributed by atoms with van der Waals surface area (Å²) in [5, 5.41) is 11.3. The van der Waals surface area contributed by atoms with Gasteiger partial charge in [0.1, 0.15) is 11.2 Å². The number of pyridine rings is 3. The van der Waals surface area contributed by atoms with Crippen molar-refractivity contribution < 1.29 is 4.79 Å². The summed E-state index contributed by atoms with van der Waals surface area (Å²) in [5.41, 5.74) is 5.43. The summed E-state index contributed by atoms with van der Waals surface area (Å²) in [5.74, 6) is 1.57. The number of rotatable bonds is 5. The predicted molar refractivity (Wildman–Crippen MR) is 149 cm³/mol. The minimum Gasteiger partial charge on any atom is -0.355 e. The average Bonchev–Trinajstić information content (AvgIpc) is 3.51. The molecule has 6 rings (SSSR count). The number of nitrogens with one attached hydrogen (secondary N) is 3. The van der Waals surface area contributed by atoms with Crippen LogP contribution in [0.25, 0.3) is 44.7 Å². The topological polar surface area (TPSA) is 128 Å². The molecule has 0 saturated carbocycles. The molecular weight excluding hydrogens is 478 g/mol. The van der Waals surface area contributed by atoms with Crippen molar-refractivity contribution in [1.29, 1.82) is 0 Å². The van der Waals surface area contributed by atoms with E-state index in [0.29, 0.717) is 23.6 Å². The van der Waals surface area contributed by atoms with Gasteiger partial charge in [-0.05, 0) is 42.9 Å². The lowest BCUT2D eigenvalue weighted by Gasteiger charge is -2.27. The van der Waals surface area contributed by atoms with E-state index in [1.807, 2.05) is 45.2 Å². The first-order valence-corrected chi connectivity index (χ1v) is 13.0. The summed E-state index contributed by atoms with van der Waals surface area (Å²) in [6.07, 6.45) is 11.0. The minimum atomic E-state index is -0.0942. The van der Waals surface area contributed by atoms with Crippen LogP contribution in [0.4, 0.5) is 11.5 Å². The van der Waals surface area contributed by atoms with Gasteiger partial charge >= 0.3 is 0 Å². The van der Waals surface area contributed by atoms with Gasteiger partial charge in [0, 0.05) is 49.2 Å².